The lowest BCUT2D eigenvalue weighted by Crippen LogP contribution is -2.33. The first kappa shape index (κ1) is 13.0. The monoisotopic (exact) mass is 252 g/mol. The second kappa shape index (κ2) is 5.95. The lowest BCUT2D eigenvalue weighted by Gasteiger charge is -2.19. The summed E-state index contributed by atoms with van der Waals surface area (Å²) >= 11 is 0. The Bertz CT molecular complexity index is 399. The van der Waals surface area contributed by atoms with Crippen LogP contribution in [-0.2, 0) is 16.6 Å². The van der Waals surface area contributed by atoms with E-state index >= 15 is 0 Å². The normalized spacial score (nSPS) is 17.9. The van der Waals surface area contributed by atoms with Crippen LogP contribution < -0.4 is 5.32 Å². The number of aromatic nitrogens is 3. The van der Waals surface area contributed by atoms with Crippen LogP contribution in [0, 0.1) is 0 Å². The second-order valence-corrected chi connectivity index (χ2v) is 4.69. The van der Waals surface area contributed by atoms with Crippen LogP contribution in [0.5, 0.6) is 0 Å². The molecule has 0 spiro atoms. The Morgan fingerprint density at radius 2 is 2.33 bits per heavy atom. The fourth-order valence-corrected chi connectivity index (χ4v) is 2.19. The van der Waals surface area contributed by atoms with Gasteiger partial charge < -0.3 is 9.30 Å². The molecule has 0 unspecified atom stereocenters. The highest BCUT2D eigenvalue weighted by atomic mass is 16.5. The average molecular weight is 252 g/mol. The Morgan fingerprint density at radius 3 is 2.89 bits per heavy atom. The molecule has 1 heterocycles. The Morgan fingerprint density at radius 1 is 1.61 bits per heavy atom. The zero-order valence-electron chi connectivity index (χ0n) is 10.9. The molecule has 1 saturated carbocycles. The summed E-state index contributed by atoms with van der Waals surface area (Å²) in [5, 5.41) is 10.3. The van der Waals surface area contributed by atoms with Gasteiger partial charge in [-0.3, -0.25) is 10.1 Å². The van der Waals surface area contributed by atoms with E-state index < -0.39 is 6.10 Å². The maximum absolute atomic E-state index is 12.1. The molecule has 0 aliphatic heterocycles. The van der Waals surface area contributed by atoms with Crippen molar-refractivity contribution in [3.05, 3.63) is 6.33 Å². The van der Waals surface area contributed by atoms with Crippen LogP contribution in [0.2, 0.25) is 0 Å². The quantitative estimate of drug-likeness (QED) is 0.862. The number of anilines is 1. The van der Waals surface area contributed by atoms with Crippen LogP contribution in [0.1, 0.15) is 39.0 Å². The van der Waals surface area contributed by atoms with E-state index in [1.165, 1.54) is 12.8 Å². The average Bonchev–Trinajstić information content (AvgIpc) is 2.99. The summed E-state index contributed by atoms with van der Waals surface area (Å²) in [5.41, 5.74) is 0. The molecule has 100 valence electrons. The van der Waals surface area contributed by atoms with Gasteiger partial charge in [0.2, 0.25) is 5.95 Å². The maximum Gasteiger partial charge on any atom is 0.255 e. The predicted octanol–water partition coefficient (Wildman–Crippen LogP) is 1.49. The highest BCUT2D eigenvalue weighted by Gasteiger charge is 2.25. The van der Waals surface area contributed by atoms with Crippen molar-refractivity contribution in [2.24, 2.45) is 7.05 Å². The summed E-state index contributed by atoms with van der Waals surface area (Å²) in [6.07, 6.45) is 6.58. The third-order valence-electron chi connectivity index (χ3n) is 3.27. The Kier molecular flexibility index (Phi) is 4.30. The molecule has 6 heteroatoms. The second-order valence-electron chi connectivity index (χ2n) is 4.69. The van der Waals surface area contributed by atoms with E-state index in [0.29, 0.717) is 12.4 Å². The molecule has 1 aromatic rings. The number of carbonyl (C=O) groups excluding carboxylic acids is 1. The van der Waals surface area contributed by atoms with Crippen LogP contribution >= 0.6 is 0 Å². The molecule has 0 bridgehead atoms. The molecule has 0 radical (unpaired) electrons. The molecule has 0 aromatic carbocycles. The smallest absolute Gasteiger partial charge is 0.255 e. The number of aryl methyl sites for hydroxylation is 1. The van der Waals surface area contributed by atoms with Crippen LogP contribution in [-0.4, -0.2) is 32.9 Å². The van der Waals surface area contributed by atoms with Crippen molar-refractivity contribution in [3.63, 3.8) is 0 Å². The third-order valence-corrected chi connectivity index (χ3v) is 3.27. The van der Waals surface area contributed by atoms with Crippen molar-refractivity contribution in [3.8, 4) is 0 Å². The largest absolute Gasteiger partial charge is 0.365 e. The minimum absolute atomic E-state index is 0.138. The van der Waals surface area contributed by atoms with Crippen LogP contribution in [0.3, 0.4) is 0 Å². The fraction of sp³-hybridized carbons (Fsp3) is 0.750. The number of hydrogen-bond donors (Lipinski definition) is 1. The number of nitrogens with zero attached hydrogens (tertiary/aromatic N) is 3. The van der Waals surface area contributed by atoms with Gasteiger partial charge in [0.05, 0.1) is 6.10 Å². The van der Waals surface area contributed by atoms with Crippen molar-refractivity contribution in [2.75, 3.05) is 5.32 Å². The van der Waals surface area contributed by atoms with Gasteiger partial charge in [0.1, 0.15) is 12.4 Å². The van der Waals surface area contributed by atoms with Gasteiger partial charge in [-0.25, -0.2) is 0 Å². The maximum atomic E-state index is 12.1. The SMILES string of the molecule is CC[C@@H](OC1CCCC1)C(=O)Nc1nncn1C. The van der Waals surface area contributed by atoms with E-state index in [2.05, 4.69) is 15.5 Å². The van der Waals surface area contributed by atoms with Crippen molar-refractivity contribution in [1.29, 1.82) is 0 Å². The van der Waals surface area contributed by atoms with Gasteiger partial charge in [0.25, 0.3) is 5.91 Å². The molecule has 1 atom stereocenters. The molecule has 6 nitrogen and oxygen atoms in total. The molecule has 1 fully saturated rings. The summed E-state index contributed by atoms with van der Waals surface area (Å²) in [7, 11) is 1.79. The zero-order chi connectivity index (χ0) is 13.0. The summed E-state index contributed by atoms with van der Waals surface area (Å²) < 4.78 is 7.51. The fourth-order valence-electron chi connectivity index (χ4n) is 2.19. The van der Waals surface area contributed by atoms with E-state index in [0.717, 1.165) is 12.8 Å². The lowest BCUT2D eigenvalue weighted by molar-refractivity contribution is -0.131. The summed E-state index contributed by atoms with van der Waals surface area (Å²) in [4.78, 5) is 12.1. The van der Waals surface area contributed by atoms with Gasteiger partial charge in [-0.1, -0.05) is 19.8 Å². The van der Waals surface area contributed by atoms with Gasteiger partial charge in [0.15, 0.2) is 0 Å². The van der Waals surface area contributed by atoms with Gasteiger partial charge in [0, 0.05) is 7.05 Å². The number of ether oxygens (including phenoxy) is 1. The zero-order valence-corrected chi connectivity index (χ0v) is 10.9. The number of nitrogens with one attached hydrogen (secondary N) is 1. The minimum atomic E-state index is -0.398. The summed E-state index contributed by atoms with van der Waals surface area (Å²) in [5.74, 6) is 0.314. The molecule has 2 rings (SSSR count). The van der Waals surface area contributed by atoms with Crippen molar-refractivity contribution < 1.29 is 9.53 Å². The molecular formula is C12H20N4O2. The number of rotatable bonds is 5. The molecule has 1 amide bonds. The molecule has 1 aliphatic rings. The first-order chi connectivity index (χ1) is 8.70. The topological polar surface area (TPSA) is 69.0 Å². The van der Waals surface area contributed by atoms with E-state index in [4.69, 9.17) is 4.74 Å². The number of carbonyl (C=O) groups is 1. The Balaban J connectivity index is 1.90. The van der Waals surface area contributed by atoms with E-state index in [1.54, 1.807) is 17.9 Å². The third kappa shape index (κ3) is 3.07. The molecule has 18 heavy (non-hydrogen) atoms. The Hall–Kier alpha value is -1.43. The predicted molar refractivity (Wildman–Crippen MR) is 67.1 cm³/mol. The van der Waals surface area contributed by atoms with Crippen LogP contribution in [0.4, 0.5) is 5.95 Å². The molecular weight excluding hydrogens is 232 g/mol. The van der Waals surface area contributed by atoms with Gasteiger partial charge >= 0.3 is 0 Å². The molecule has 1 N–H and O–H groups in total. The van der Waals surface area contributed by atoms with Gasteiger partial charge in [-0.15, -0.1) is 10.2 Å². The Labute approximate surface area is 107 Å². The molecule has 0 saturated heterocycles. The standard InChI is InChI=1S/C12H20N4O2/c1-3-10(18-9-6-4-5-7-9)11(17)14-12-15-13-8-16(12)2/h8-10H,3-7H2,1-2H3,(H,14,15,17)/t10-/m1/s1. The summed E-state index contributed by atoms with van der Waals surface area (Å²) in [6, 6.07) is 0. The lowest BCUT2D eigenvalue weighted by atomic mass is 10.2. The van der Waals surface area contributed by atoms with Gasteiger partial charge in [-0.05, 0) is 19.3 Å². The first-order valence-corrected chi connectivity index (χ1v) is 6.51. The highest BCUT2D eigenvalue weighted by Crippen LogP contribution is 2.23. The molecule has 1 aromatic heterocycles. The van der Waals surface area contributed by atoms with Crippen molar-refractivity contribution in [1.82, 2.24) is 14.8 Å². The van der Waals surface area contributed by atoms with E-state index in [-0.39, 0.29) is 12.0 Å². The molecule has 1 aliphatic carbocycles. The minimum Gasteiger partial charge on any atom is -0.365 e. The first-order valence-electron chi connectivity index (χ1n) is 6.51. The number of amides is 1. The highest BCUT2D eigenvalue weighted by molar-refractivity contribution is 5.92. The number of hydrogen-bond acceptors (Lipinski definition) is 4. The van der Waals surface area contributed by atoms with Crippen molar-refractivity contribution >= 4 is 11.9 Å². The summed E-state index contributed by atoms with van der Waals surface area (Å²) in [6.45, 7) is 1.95. The van der Waals surface area contributed by atoms with Crippen LogP contribution in [0.25, 0.3) is 0 Å². The van der Waals surface area contributed by atoms with Crippen LogP contribution in [0.15, 0.2) is 6.33 Å². The van der Waals surface area contributed by atoms with Gasteiger partial charge in [-0.2, -0.15) is 0 Å². The van der Waals surface area contributed by atoms with Crippen molar-refractivity contribution in [2.45, 2.75) is 51.2 Å². The van der Waals surface area contributed by atoms with E-state index in [1.807, 2.05) is 6.92 Å². The van der Waals surface area contributed by atoms with E-state index in [9.17, 15) is 4.79 Å².